The Morgan fingerprint density at radius 3 is 2.53 bits per heavy atom. The molecular formula is C15H20N2O2. The summed E-state index contributed by atoms with van der Waals surface area (Å²) < 4.78 is 5.34. The smallest absolute Gasteiger partial charge is 0.324 e. The summed E-state index contributed by atoms with van der Waals surface area (Å²) in [6.45, 7) is 6.67. The molecule has 0 spiro atoms. The van der Waals surface area contributed by atoms with Crippen molar-refractivity contribution in [2.45, 2.75) is 27.2 Å². The quantitative estimate of drug-likeness (QED) is 0.779. The maximum Gasteiger partial charge on any atom is 0.324 e. The van der Waals surface area contributed by atoms with Crippen LogP contribution >= 0.6 is 0 Å². The highest BCUT2D eigenvalue weighted by Gasteiger charge is 2.13. The molecule has 1 aromatic rings. The fourth-order valence-corrected chi connectivity index (χ4v) is 2.16. The normalized spacial score (nSPS) is 9.89. The molecule has 102 valence electrons. The molecule has 0 aliphatic carbocycles. The van der Waals surface area contributed by atoms with Gasteiger partial charge in [-0.3, -0.25) is 4.79 Å². The van der Waals surface area contributed by atoms with E-state index < -0.39 is 5.91 Å². The Morgan fingerprint density at radius 2 is 2.00 bits per heavy atom. The Kier molecular flexibility index (Phi) is 4.94. The highest BCUT2D eigenvalue weighted by atomic mass is 16.5. The predicted octanol–water partition coefficient (Wildman–Crippen LogP) is 2.14. The van der Waals surface area contributed by atoms with Crippen LogP contribution in [0.5, 0.6) is 5.75 Å². The van der Waals surface area contributed by atoms with E-state index in [1.54, 1.807) is 20.2 Å². The fourth-order valence-electron chi connectivity index (χ4n) is 2.16. The van der Waals surface area contributed by atoms with Crippen LogP contribution in [-0.4, -0.2) is 31.5 Å². The number of ether oxygens (including phenoxy) is 1. The lowest BCUT2D eigenvalue weighted by atomic mass is 9.95. The molecule has 0 fully saturated rings. The minimum Gasteiger partial charge on any atom is -0.496 e. The lowest BCUT2D eigenvalue weighted by Gasteiger charge is -2.18. The second-order valence-corrected chi connectivity index (χ2v) is 4.71. The van der Waals surface area contributed by atoms with Gasteiger partial charge in [0.2, 0.25) is 0 Å². The van der Waals surface area contributed by atoms with Crippen molar-refractivity contribution >= 4 is 5.91 Å². The molecule has 4 nitrogen and oxygen atoms in total. The summed E-state index contributed by atoms with van der Waals surface area (Å²) >= 11 is 0. The lowest BCUT2D eigenvalue weighted by molar-refractivity contribution is -0.124. The predicted molar refractivity (Wildman–Crippen MR) is 74.2 cm³/mol. The van der Waals surface area contributed by atoms with Crippen LogP contribution < -0.4 is 4.74 Å². The fraction of sp³-hybridized carbons (Fsp3) is 0.467. The van der Waals surface area contributed by atoms with Crippen molar-refractivity contribution in [2.75, 3.05) is 20.7 Å². The van der Waals surface area contributed by atoms with Gasteiger partial charge in [-0.25, -0.2) is 0 Å². The minimum absolute atomic E-state index is 0.500. The molecule has 1 aromatic carbocycles. The first-order chi connectivity index (χ1) is 8.92. The molecule has 0 saturated carbocycles. The maximum atomic E-state index is 11.2. The molecule has 4 heteroatoms. The first-order valence-corrected chi connectivity index (χ1v) is 6.21. The first-order valence-electron chi connectivity index (χ1n) is 6.21. The molecule has 0 aliphatic rings. The van der Waals surface area contributed by atoms with Crippen molar-refractivity contribution in [1.82, 2.24) is 4.90 Å². The van der Waals surface area contributed by atoms with E-state index >= 15 is 0 Å². The molecule has 1 amide bonds. The van der Waals surface area contributed by atoms with Gasteiger partial charge in [-0.05, 0) is 55.5 Å². The van der Waals surface area contributed by atoms with E-state index in [1.165, 1.54) is 16.0 Å². The Labute approximate surface area is 114 Å². The van der Waals surface area contributed by atoms with Crippen molar-refractivity contribution in [3.05, 3.63) is 28.3 Å². The van der Waals surface area contributed by atoms with Crippen LogP contribution in [-0.2, 0) is 11.2 Å². The SMILES string of the molecule is COc1cc(C)c(CCN(C)C(=O)C#N)c(C)c1C. The first kappa shape index (κ1) is 15.0. The Hall–Kier alpha value is -2.02. The molecule has 0 bridgehead atoms. The number of amides is 1. The van der Waals surface area contributed by atoms with Gasteiger partial charge in [0.1, 0.15) is 5.75 Å². The number of hydrogen-bond acceptors (Lipinski definition) is 3. The number of hydrogen-bond donors (Lipinski definition) is 0. The van der Waals surface area contributed by atoms with E-state index in [2.05, 4.69) is 6.92 Å². The zero-order valence-electron chi connectivity index (χ0n) is 12.2. The van der Waals surface area contributed by atoms with Crippen molar-refractivity contribution in [2.24, 2.45) is 0 Å². The number of rotatable bonds is 4. The van der Waals surface area contributed by atoms with Crippen molar-refractivity contribution in [3.8, 4) is 11.8 Å². The second-order valence-electron chi connectivity index (χ2n) is 4.71. The number of aryl methyl sites for hydroxylation is 1. The van der Waals surface area contributed by atoms with E-state index in [-0.39, 0.29) is 0 Å². The van der Waals surface area contributed by atoms with E-state index in [4.69, 9.17) is 10.00 Å². The number of methoxy groups -OCH3 is 1. The summed E-state index contributed by atoms with van der Waals surface area (Å²) in [7, 11) is 3.31. The highest BCUT2D eigenvalue weighted by molar-refractivity contribution is 5.90. The van der Waals surface area contributed by atoms with E-state index in [0.29, 0.717) is 6.54 Å². The number of nitriles is 1. The summed E-state index contributed by atoms with van der Waals surface area (Å²) in [5.41, 5.74) is 4.68. The van der Waals surface area contributed by atoms with Crippen LogP contribution in [0.2, 0.25) is 0 Å². The van der Waals surface area contributed by atoms with Gasteiger partial charge in [-0.15, -0.1) is 0 Å². The van der Waals surface area contributed by atoms with Gasteiger partial charge >= 0.3 is 5.91 Å². The maximum absolute atomic E-state index is 11.2. The zero-order chi connectivity index (χ0) is 14.6. The van der Waals surface area contributed by atoms with Crippen LogP contribution in [0.1, 0.15) is 22.3 Å². The van der Waals surface area contributed by atoms with Gasteiger partial charge in [-0.2, -0.15) is 5.26 Å². The molecule has 0 radical (unpaired) electrons. The van der Waals surface area contributed by atoms with Crippen LogP contribution in [0.25, 0.3) is 0 Å². The average Bonchev–Trinajstić information content (AvgIpc) is 2.41. The molecule has 19 heavy (non-hydrogen) atoms. The van der Waals surface area contributed by atoms with Crippen molar-refractivity contribution in [1.29, 1.82) is 5.26 Å². The standard InChI is InChI=1S/C15H20N2O2/c1-10-8-14(19-5)12(3)11(2)13(10)6-7-17(4)15(18)9-16/h8H,6-7H2,1-5H3. The van der Waals surface area contributed by atoms with Gasteiger partial charge < -0.3 is 9.64 Å². The Balaban J connectivity index is 2.94. The summed E-state index contributed by atoms with van der Waals surface area (Å²) in [4.78, 5) is 12.7. The Morgan fingerprint density at radius 1 is 1.37 bits per heavy atom. The lowest BCUT2D eigenvalue weighted by Crippen LogP contribution is -2.27. The number of likely N-dealkylation sites (N-methyl/N-ethyl adjacent to an activating group) is 1. The molecule has 1 rings (SSSR count). The van der Waals surface area contributed by atoms with Gasteiger partial charge in [-0.1, -0.05) is 0 Å². The largest absolute Gasteiger partial charge is 0.496 e. The monoisotopic (exact) mass is 260 g/mol. The van der Waals surface area contributed by atoms with Crippen LogP contribution in [0.4, 0.5) is 0 Å². The zero-order valence-corrected chi connectivity index (χ0v) is 12.2. The molecule has 0 N–H and O–H groups in total. The number of carbonyl (C=O) groups is 1. The molecular weight excluding hydrogens is 240 g/mol. The summed E-state index contributed by atoms with van der Waals surface area (Å²) in [6.07, 6.45) is 0.742. The van der Waals surface area contributed by atoms with Crippen LogP contribution in [0.3, 0.4) is 0 Å². The van der Waals surface area contributed by atoms with Gasteiger partial charge in [0, 0.05) is 13.6 Å². The van der Waals surface area contributed by atoms with Crippen LogP contribution in [0.15, 0.2) is 6.07 Å². The van der Waals surface area contributed by atoms with Crippen molar-refractivity contribution < 1.29 is 9.53 Å². The van der Waals surface area contributed by atoms with E-state index in [1.807, 2.05) is 19.9 Å². The molecule has 0 atom stereocenters. The molecule has 0 unspecified atom stereocenters. The molecule has 0 heterocycles. The average molecular weight is 260 g/mol. The summed E-state index contributed by atoms with van der Waals surface area (Å²) in [6, 6.07) is 3.64. The number of carbonyl (C=O) groups excluding carboxylic acids is 1. The highest BCUT2D eigenvalue weighted by Crippen LogP contribution is 2.27. The van der Waals surface area contributed by atoms with E-state index in [9.17, 15) is 4.79 Å². The third kappa shape index (κ3) is 3.25. The molecule has 0 aromatic heterocycles. The minimum atomic E-state index is -0.500. The van der Waals surface area contributed by atoms with E-state index in [0.717, 1.165) is 23.3 Å². The topological polar surface area (TPSA) is 53.3 Å². The van der Waals surface area contributed by atoms with Crippen molar-refractivity contribution in [3.63, 3.8) is 0 Å². The van der Waals surface area contributed by atoms with Gasteiger partial charge in [0.25, 0.3) is 0 Å². The molecule has 0 aliphatic heterocycles. The van der Waals surface area contributed by atoms with Gasteiger partial charge in [0.05, 0.1) is 7.11 Å². The van der Waals surface area contributed by atoms with Gasteiger partial charge in [0.15, 0.2) is 6.07 Å². The molecule has 0 saturated heterocycles. The Bertz CT molecular complexity index is 530. The van der Waals surface area contributed by atoms with Crippen LogP contribution in [0, 0.1) is 32.1 Å². The summed E-state index contributed by atoms with van der Waals surface area (Å²) in [5, 5.41) is 8.57. The second kappa shape index (κ2) is 6.24. The third-order valence-electron chi connectivity index (χ3n) is 3.57. The third-order valence-corrected chi connectivity index (χ3v) is 3.57. The summed E-state index contributed by atoms with van der Waals surface area (Å²) in [5.74, 6) is 0.390. The number of nitrogens with zero attached hydrogens (tertiary/aromatic N) is 2. The number of benzene rings is 1.